The summed E-state index contributed by atoms with van der Waals surface area (Å²) in [6.07, 6.45) is 34.0. The van der Waals surface area contributed by atoms with E-state index in [0.717, 1.165) is 0 Å². The van der Waals surface area contributed by atoms with Crippen LogP contribution in [-0.4, -0.2) is 4.57 Å². The second kappa shape index (κ2) is 21.1. The molecule has 0 aliphatic rings. The van der Waals surface area contributed by atoms with Crippen molar-refractivity contribution >= 4 is 0 Å². The summed E-state index contributed by atoms with van der Waals surface area (Å²) < 4.78 is 5.19. The van der Waals surface area contributed by atoms with E-state index < -0.39 is 0 Å². The Morgan fingerprint density at radius 2 is 1.00 bits per heavy atom. The van der Waals surface area contributed by atoms with Crippen molar-refractivity contribution in [2.75, 3.05) is 0 Å². The van der Waals surface area contributed by atoms with Crippen molar-refractivity contribution in [2.24, 2.45) is 0 Å². The van der Waals surface area contributed by atoms with Crippen molar-refractivity contribution in [1.82, 2.24) is 4.57 Å². The predicted molar refractivity (Wildman–Crippen MR) is 138 cm³/mol. The minimum absolute atomic E-state index is 1.22. The fourth-order valence-corrected chi connectivity index (χ4v) is 4.73. The van der Waals surface area contributed by atoms with Crippen LogP contribution in [0.5, 0.6) is 0 Å². The molecule has 1 aromatic rings. The minimum Gasteiger partial charge on any atom is -0.234 e. The molecule has 1 heterocycles. The maximum Gasteiger partial charge on any atom is 0.256 e. The molecule has 0 unspecified atom stereocenters. The number of imidazole rings is 1. The molecular formula is C29H57N2+. The van der Waals surface area contributed by atoms with Gasteiger partial charge in [0.1, 0.15) is 12.4 Å². The van der Waals surface area contributed by atoms with Crippen LogP contribution in [-0.2, 0) is 19.5 Å². The number of hydrogen-bond acceptors (Lipinski definition) is 0. The molecule has 0 amide bonds. The van der Waals surface area contributed by atoms with Gasteiger partial charge in [-0.3, -0.25) is 0 Å². The molecule has 182 valence electrons. The molecule has 0 saturated carbocycles. The Kier molecular flexibility index (Phi) is 19.2. The van der Waals surface area contributed by atoms with Crippen LogP contribution in [0.15, 0.2) is 12.4 Å². The van der Waals surface area contributed by atoms with Gasteiger partial charge in [0.05, 0.1) is 13.1 Å². The van der Waals surface area contributed by atoms with E-state index in [2.05, 4.69) is 42.3 Å². The molecule has 1 aromatic heterocycles. The van der Waals surface area contributed by atoms with Crippen molar-refractivity contribution < 1.29 is 4.57 Å². The van der Waals surface area contributed by atoms with E-state index in [1.54, 1.807) is 5.82 Å². The number of hydrogen-bond donors (Lipinski definition) is 0. The van der Waals surface area contributed by atoms with Gasteiger partial charge in [0.15, 0.2) is 0 Å². The highest BCUT2D eigenvalue weighted by Crippen LogP contribution is 2.12. The second-order valence-electron chi connectivity index (χ2n) is 9.86. The van der Waals surface area contributed by atoms with Crippen LogP contribution in [0.3, 0.4) is 0 Å². The van der Waals surface area contributed by atoms with E-state index >= 15 is 0 Å². The van der Waals surface area contributed by atoms with Gasteiger partial charge < -0.3 is 0 Å². The standard InChI is InChI=1S/C29H57N2/c1-4-7-10-13-15-17-20-23-26-31-28-27-30(25-22-19-16-14-11-8-5-2)29(31)24-21-18-12-9-6-3/h27-28H,4-26H2,1-3H3/q+1. The zero-order valence-electron chi connectivity index (χ0n) is 21.8. The Morgan fingerprint density at radius 1 is 0.548 bits per heavy atom. The number of nitrogens with zero attached hydrogens (tertiary/aromatic N) is 2. The van der Waals surface area contributed by atoms with Gasteiger partial charge in [0.25, 0.3) is 5.82 Å². The van der Waals surface area contributed by atoms with Crippen LogP contribution in [0.25, 0.3) is 0 Å². The molecule has 0 bridgehead atoms. The predicted octanol–water partition coefficient (Wildman–Crippen LogP) is 9.18. The Bertz CT molecular complexity index is 491. The lowest BCUT2D eigenvalue weighted by atomic mass is 10.1. The minimum atomic E-state index is 1.22. The van der Waals surface area contributed by atoms with Gasteiger partial charge in [-0.2, -0.15) is 0 Å². The van der Waals surface area contributed by atoms with Gasteiger partial charge in [0, 0.05) is 6.42 Å². The normalized spacial score (nSPS) is 11.5. The molecule has 0 saturated heterocycles. The molecule has 0 N–H and O–H groups in total. The molecular weight excluding hydrogens is 376 g/mol. The Morgan fingerprint density at radius 3 is 1.55 bits per heavy atom. The average Bonchev–Trinajstić information content (AvgIpc) is 3.16. The summed E-state index contributed by atoms with van der Waals surface area (Å²) in [7, 11) is 0. The molecule has 0 aliphatic heterocycles. The summed E-state index contributed by atoms with van der Waals surface area (Å²) in [4.78, 5) is 0. The number of aromatic nitrogens is 2. The third kappa shape index (κ3) is 14.8. The first kappa shape index (κ1) is 28.2. The summed E-state index contributed by atoms with van der Waals surface area (Å²) in [5.74, 6) is 1.60. The third-order valence-corrected chi connectivity index (χ3v) is 6.85. The van der Waals surface area contributed by atoms with Crippen LogP contribution >= 0.6 is 0 Å². The Hall–Kier alpha value is -0.790. The quantitative estimate of drug-likeness (QED) is 0.120. The molecule has 2 heteroatoms. The van der Waals surface area contributed by atoms with E-state index in [0.29, 0.717) is 0 Å². The smallest absolute Gasteiger partial charge is 0.234 e. The van der Waals surface area contributed by atoms with Crippen molar-refractivity contribution in [3.05, 3.63) is 18.2 Å². The highest BCUT2D eigenvalue weighted by atomic mass is 15.1. The molecule has 0 radical (unpaired) electrons. The fourth-order valence-electron chi connectivity index (χ4n) is 4.73. The topological polar surface area (TPSA) is 8.81 Å². The van der Waals surface area contributed by atoms with Crippen LogP contribution in [0.1, 0.15) is 155 Å². The fraction of sp³-hybridized carbons (Fsp3) is 0.897. The van der Waals surface area contributed by atoms with Crippen LogP contribution in [0.2, 0.25) is 0 Å². The van der Waals surface area contributed by atoms with Crippen molar-refractivity contribution in [3.8, 4) is 0 Å². The molecule has 0 fully saturated rings. The van der Waals surface area contributed by atoms with Gasteiger partial charge in [-0.05, 0) is 32.1 Å². The molecule has 2 nitrogen and oxygen atoms in total. The zero-order chi connectivity index (χ0) is 22.4. The number of unbranched alkanes of at least 4 members (excludes halogenated alkanes) is 17. The van der Waals surface area contributed by atoms with Gasteiger partial charge in [-0.15, -0.1) is 0 Å². The molecule has 31 heavy (non-hydrogen) atoms. The lowest BCUT2D eigenvalue weighted by Gasteiger charge is -2.07. The second-order valence-corrected chi connectivity index (χ2v) is 9.86. The highest BCUT2D eigenvalue weighted by molar-refractivity contribution is 4.84. The highest BCUT2D eigenvalue weighted by Gasteiger charge is 2.16. The maximum atomic E-state index is 2.60. The molecule has 0 spiro atoms. The average molecular weight is 434 g/mol. The van der Waals surface area contributed by atoms with Crippen LogP contribution in [0, 0.1) is 0 Å². The SMILES string of the molecule is CCCCCCCCCCn1cc[n+](CCCCCCCCC)c1CCCCCCC. The van der Waals surface area contributed by atoms with Crippen LogP contribution in [0.4, 0.5) is 0 Å². The Labute approximate surface area is 196 Å². The van der Waals surface area contributed by atoms with E-state index in [-0.39, 0.29) is 0 Å². The molecule has 0 aliphatic carbocycles. The summed E-state index contributed by atoms with van der Waals surface area (Å²) >= 11 is 0. The van der Waals surface area contributed by atoms with Crippen LogP contribution < -0.4 is 4.57 Å². The first-order valence-corrected chi connectivity index (χ1v) is 14.4. The monoisotopic (exact) mass is 433 g/mol. The first-order chi connectivity index (χ1) is 15.3. The summed E-state index contributed by atoms with van der Waals surface area (Å²) in [6, 6.07) is 0. The van der Waals surface area contributed by atoms with Crippen molar-refractivity contribution in [3.63, 3.8) is 0 Å². The largest absolute Gasteiger partial charge is 0.256 e. The van der Waals surface area contributed by atoms with Gasteiger partial charge in [0.2, 0.25) is 0 Å². The maximum absolute atomic E-state index is 2.60. The van der Waals surface area contributed by atoms with Crippen molar-refractivity contribution in [2.45, 2.75) is 169 Å². The van der Waals surface area contributed by atoms with E-state index in [9.17, 15) is 0 Å². The molecule has 0 atom stereocenters. The number of rotatable bonds is 23. The third-order valence-electron chi connectivity index (χ3n) is 6.85. The Balaban J connectivity index is 2.38. The number of aryl methyl sites for hydroxylation is 2. The zero-order valence-corrected chi connectivity index (χ0v) is 21.8. The summed E-state index contributed by atoms with van der Waals surface area (Å²) in [5.41, 5.74) is 0. The molecule has 1 rings (SSSR count). The summed E-state index contributed by atoms with van der Waals surface area (Å²) in [5, 5.41) is 0. The van der Waals surface area contributed by atoms with E-state index in [1.165, 1.54) is 148 Å². The van der Waals surface area contributed by atoms with Gasteiger partial charge in [-0.25, -0.2) is 9.13 Å². The molecule has 0 aromatic carbocycles. The first-order valence-electron chi connectivity index (χ1n) is 14.4. The lowest BCUT2D eigenvalue weighted by molar-refractivity contribution is -0.704. The van der Waals surface area contributed by atoms with E-state index in [1.807, 2.05) is 0 Å². The van der Waals surface area contributed by atoms with Gasteiger partial charge >= 0.3 is 0 Å². The van der Waals surface area contributed by atoms with E-state index in [4.69, 9.17) is 0 Å². The van der Waals surface area contributed by atoms with Crippen molar-refractivity contribution in [1.29, 1.82) is 0 Å². The lowest BCUT2D eigenvalue weighted by Crippen LogP contribution is -2.37. The summed E-state index contributed by atoms with van der Waals surface area (Å²) in [6.45, 7) is 9.37. The van der Waals surface area contributed by atoms with Gasteiger partial charge in [-0.1, -0.05) is 117 Å².